The van der Waals surface area contributed by atoms with Gasteiger partial charge >= 0.3 is 0 Å². The first-order valence-electron chi connectivity index (χ1n) is 6.41. The molecule has 0 bridgehead atoms. The zero-order chi connectivity index (χ0) is 14.8. The minimum absolute atomic E-state index is 0.274. The van der Waals surface area contributed by atoms with E-state index in [1.807, 2.05) is 12.1 Å². The highest BCUT2D eigenvalue weighted by Gasteiger charge is 2.17. The number of hydrogen-bond donors (Lipinski definition) is 1. The lowest BCUT2D eigenvalue weighted by Crippen LogP contribution is -2.09. The minimum atomic E-state index is -0.497. The van der Waals surface area contributed by atoms with Crippen LogP contribution in [0, 0.1) is 18.2 Å². The molecule has 0 saturated carbocycles. The lowest BCUT2D eigenvalue weighted by atomic mass is 10.0. The van der Waals surface area contributed by atoms with Crippen molar-refractivity contribution in [3.05, 3.63) is 48.1 Å². The van der Waals surface area contributed by atoms with Crippen LogP contribution >= 0.6 is 0 Å². The highest BCUT2D eigenvalue weighted by Crippen LogP contribution is 2.29. The van der Waals surface area contributed by atoms with E-state index in [0.717, 1.165) is 5.39 Å². The summed E-state index contributed by atoms with van der Waals surface area (Å²) < 4.78 is 18.9. The zero-order valence-electron chi connectivity index (χ0n) is 11.1. The largest absolute Gasteiger partial charge is 0.337 e. The molecule has 0 aliphatic carbocycles. The maximum atomic E-state index is 13.8. The van der Waals surface area contributed by atoms with Gasteiger partial charge in [0, 0.05) is 17.4 Å². The van der Waals surface area contributed by atoms with E-state index in [4.69, 9.17) is 16.7 Å². The van der Waals surface area contributed by atoms with Gasteiger partial charge in [-0.3, -0.25) is 0 Å². The Morgan fingerprint density at radius 3 is 2.76 bits per heavy atom. The molecule has 0 radical (unpaired) electrons. The number of fused-ring (bicyclic) bond motifs is 1. The molecule has 0 fully saturated rings. The van der Waals surface area contributed by atoms with E-state index < -0.39 is 6.04 Å². The van der Waals surface area contributed by atoms with Gasteiger partial charge in [-0.1, -0.05) is 29.4 Å². The molecule has 5 heteroatoms. The van der Waals surface area contributed by atoms with Gasteiger partial charge < -0.3 is 10.3 Å². The van der Waals surface area contributed by atoms with E-state index in [2.05, 4.69) is 16.1 Å². The number of aromatic nitrogens is 2. The number of nitrogens with two attached hydrogens (primary N) is 1. The van der Waals surface area contributed by atoms with Gasteiger partial charge in [0.05, 0.1) is 6.04 Å². The molecule has 0 amide bonds. The van der Waals surface area contributed by atoms with Crippen LogP contribution in [0.5, 0.6) is 0 Å². The van der Waals surface area contributed by atoms with Crippen LogP contribution in [0.2, 0.25) is 0 Å². The Morgan fingerprint density at radius 2 is 2.00 bits per heavy atom. The maximum Gasteiger partial charge on any atom is 0.244 e. The molecule has 0 aliphatic heterocycles. The second-order valence-electron chi connectivity index (χ2n) is 4.61. The van der Waals surface area contributed by atoms with Gasteiger partial charge in [-0.25, -0.2) is 4.39 Å². The summed E-state index contributed by atoms with van der Waals surface area (Å²) in [4.78, 5) is 4.26. The third kappa shape index (κ3) is 2.37. The van der Waals surface area contributed by atoms with Crippen LogP contribution in [0.4, 0.5) is 4.39 Å². The van der Waals surface area contributed by atoms with Gasteiger partial charge in [0.25, 0.3) is 0 Å². The predicted molar refractivity (Wildman–Crippen MR) is 77.6 cm³/mol. The Kier molecular flexibility index (Phi) is 3.38. The van der Waals surface area contributed by atoms with Crippen molar-refractivity contribution in [2.24, 2.45) is 5.73 Å². The fourth-order valence-electron chi connectivity index (χ4n) is 2.17. The molecule has 2 aromatic carbocycles. The van der Waals surface area contributed by atoms with Crippen molar-refractivity contribution >= 4 is 10.8 Å². The first-order valence-corrected chi connectivity index (χ1v) is 6.41. The summed E-state index contributed by atoms with van der Waals surface area (Å²) in [5, 5.41) is 5.14. The fraction of sp³-hybridized carbons (Fsp3) is 0.125. The van der Waals surface area contributed by atoms with Gasteiger partial charge in [-0.2, -0.15) is 4.98 Å². The topological polar surface area (TPSA) is 64.9 Å². The van der Waals surface area contributed by atoms with Gasteiger partial charge in [0.15, 0.2) is 0 Å². The normalized spacial score (nSPS) is 12.2. The molecule has 1 atom stereocenters. The van der Waals surface area contributed by atoms with Crippen molar-refractivity contribution in [2.45, 2.75) is 12.5 Å². The molecule has 0 spiro atoms. The van der Waals surface area contributed by atoms with Crippen LogP contribution in [-0.4, -0.2) is 10.1 Å². The second kappa shape index (κ2) is 5.35. The van der Waals surface area contributed by atoms with E-state index >= 15 is 0 Å². The molecule has 1 heterocycles. The van der Waals surface area contributed by atoms with Crippen molar-refractivity contribution in [3.8, 4) is 23.7 Å². The summed E-state index contributed by atoms with van der Waals surface area (Å²) >= 11 is 0. The number of hydrogen-bond acceptors (Lipinski definition) is 4. The molecule has 0 aliphatic rings. The van der Waals surface area contributed by atoms with Crippen LogP contribution in [-0.2, 0) is 0 Å². The SMILES string of the molecule is C#CCC(N)c1nc(-c2ccc(F)c3ccccc23)no1. The molecule has 3 rings (SSSR count). The minimum Gasteiger partial charge on any atom is -0.337 e. The first kappa shape index (κ1) is 13.3. The highest BCUT2D eigenvalue weighted by atomic mass is 19.1. The maximum absolute atomic E-state index is 13.8. The number of nitrogens with zero attached hydrogens (tertiary/aromatic N) is 2. The van der Waals surface area contributed by atoms with Gasteiger partial charge in [-0.15, -0.1) is 12.3 Å². The average Bonchev–Trinajstić information content (AvgIpc) is 2.98. The van der Waals surface area contributed by atoms with Crippen molar-refractivity contribution in [3.63, 3.8) is 0 Å². The van der Waals surface area contributed by atoms with Gasteiger partial charge in [-0.05, 0) is 17.5 Å². The Labute approximate surface area is 120 Å². The van der Waals surface area contributed by atoms with Gasteiger partial charge in [0.1, 0.15) is 5.82 Å². The molecule has 2 N–H and O–H groups in total. The van der Waals surface area contributed by atoms with E-state index in [0.29, 0.717) is 23.2 Å². The van der Waals surface area contributed by atoms with E-state index in [9.17, 15) is 4.39 Å². The first-order chi connectivity index (χ1) is 10.2. The Morgan fingerprint density at radius 1 is 1.24 bits per heavy atom. The van der Waals surface area contributed by atoms with Crippen molar-refractivity contribution < 1.29 is 8.91 Å². The molecular formula is C16H12FN3O. The third-order valence-corrected chi connectivity index (χ3v) is 3.21. The molecule has 0 saturated heterocycles. The number of benzene rings is 2. The smallest absolute Gasteiger partial charge is 0.244 e. The molecule has 1 unspecified atom stereocenters. The van der Waals surface area contributed by atoms with E-state index in [1.165, 1.54) is 6.07 Å². The monoisotopic (exact) mass is 281 g/mol. The zero-order valence-corrected chi connectivity index (χ0v) is 11.1. The summed E-state index contributed by atoms with van der Waals surface area (Å²) in [6.45, 7) is 0. The average molecular weight is 281 g/mol. The highest BCUT2D eigenvalue weighted by molar-refractivity contribution is 5.95. The summed E-state index contributed by atoms with van der Waals surface area (Å²) in [6.07, 6.45) is 5.53. The van der Waals surface area contributed by atoms with Crippen LogP contribution < -0.4 is 5.73 Å². The summed E-state index contributed by atoms with van der Waals surface area (Å²) in [5.74, 6) is 2.80. The quantitative estimate of drug-likeness (QED) is 0.749. The number of halogens is 1. The van der Waals surface area contributed by atoms with Crippen LogP contribution in [0.25, 0.3) is 22.2 Å². The third-order valence-electron chi connectivity index (χ3n) is 3.21. The van der Waals surface area contributed by atoms with E-state index in [1.54, 1.807) is 18.2 Å². The summed E-state index contributed by atoms with van der Waals surface area (Å²) in [7, 11) is 0. The number of terminal acetylenes is 1. The van der Waals surface area contributed by atoms with Crippen molar-refractivity contribution in [1.82, 2.24) is 10.1 Å². The molecule has 1 aromatic heterocycles. The van der Waals surface area contributed by atoms with Crippen molar-refractivity contribution in [1.29, 1.82) is 0 Å². The standard InChI is InChI=1S/C16H12FN3O/c1-2-5-14(18)16-19-15(20-21-16)12-8-9-13(17)11-7-4-3-6-10(11)12/h1,3-4,6-9,14H,5,18H2. The summed E-state index contributed by atoms with van der Waals surface area (Å²) in [5.41, 5.74) is 6.52. The van der Waals surface area contributed by atoms with Crippen molar-refractivity contribution in [2.75, 3.05) is 0 Å². The lowest BCUT2D eigenvalue weighted by Gasteiger charge is -2.03. The molecule has 21 heavy (non-hydrogen) atoms. The Hall–Kier alpha value is -2.71. The molecule has 4 nitrogen and oxygen atoms in total. The van der Waals surface area contributed by atoms with Crippen LogP contribution in [0.1, 0.15) is 18.4 Å². The predicted octanol–water partition coefficient (Wildman–Crippen LogP) is 3.05. The lowest BCUT2D eigenvalue weighted by molar-refractivity contribution is 0.357. The fourth-order valence-corrected chi connectivity index (χ4v) is 2.17. The summed E-state index contributed by atoms with van der Waals surface area (Å²) in [6, 6.07) is 9.64. The second-order valence-corrected chi connectivity index (χ2v) is 4.61. The molecular weight excluding hydrogens is 269 g/mol. The Balaban J connectivity index is 2.10. The van der Waals surface area contributed by atoms with E-state index in [-0.39, 0.29) is 11.7 Å². The van der Waals surface area contributed by atoms with Crippen LogP contribution in [0.3, 0.4) is 0 Å². The Bertz CT molecular complexity index is 835. The van der Waals surface area contributed by atoms with Gasteiger partial charge in [0.2, 0.25) is 11.7 Å². The molecule has 104 valence electrons. The van der Waals surface area contributed by atoms with Crippen LogP contribution in [0.15, 0.2) is 40.9 Å². The number of rotatable bonds is 3. The molecule has 3 aromatic rings.